The highest BCUT2D eigenvalue weighted by atomic mass is 16.5. The van der Waals surface area contributed by atoms with Gasteiger partial charge in [-0.05, 0) is 31.6 Å². The number of carbonyl (C=O) groups excluding carboxylic acids is 3. The van der Waals surface area contributed by atoms with Gasteiger partial charge >= 0.3 is 5.97 Å². The van der Waals surface area contributed by atoms with Crippen LogP contribution in [0.2, 0.25) is 0 Å². The van der Waals surface area contributed by atoms with Crippen LogP contribution in [-0.2, 0) is 19.1 Å². The van der Waals surface area contributed by atoms with E-state index in [0.29, 0.717) is 12.2 Å². The fourth-order valence-corrected chi connectivity index (χ4v) is 2.26. The van der Waals surface area contributed by atoms with Crippen LogP contribution in [0.5, 0.6) is 0 Å². The van der Waals surface area contributed by atoms with E-state index < -0.39 is 24.5 Å². The Bertz CT molecular complexity index is 848. The van der Waals surface area contributed by atoms with Crippen molar-refractivity contribution in [3.05, 3.63) is 48.2 Å². The van der Waals surface area contributed by atoms with Gasteiger partial charge < -0.3 is 15.4 Å². The number of para-hydroxylation sites is 1. The highest BCUT2D eigenvalue weighted by Gasteiger charge is 2.15. The van der Waals surface area contributed by atoms with Gasteiger partial charge in [-0.3, -0.25) is 9.59 Å². The number of nitrogens with zero attached hydrogens (tertiary/aromatic N) is 1. The number of nitrogens with one attached hydrogen (secondary N) is 2. The number of fused-ring (bicyclic) bond motifs is 1. The highest BCUT2D eigenvalue weighted by Crippen LogP contribution is 2.12. The van der Waals surface area contributed by atoms with Crippen molar-refractivity contribution in [3.8, 4) is 0 Å². The zero-order valence-corrected chi connectivity index (χ0v) is 15.4. The van der Waals surface area contributed by atoms with Crippen LogP contribution in [0, 0.1) is 0 Å². The maximum atomic E-state index is 11.8. The molecule has 0 saturated heterocycles. The Labute approximate surface area is 157 Å². The summed E-state index contributed by atoms with van der Waals surface area (Å²) in [5, 5.41) is 6.15. The Kier molecular flexibility index (Phi) is 7.49. The second kappa shape index (κ2) is 10.1. The number of carbonyl (C=O) groups is 3. The summed E-state index contributed by atoms with van der Waals surface area (Å²) in [6, 6.07) is 10.6. The minimum absolute atomic E-state index is 0.279. The third-order valence-corrected chi connectivity index (χ3v) is 3.68. The molecule has 0 fully saturated rings. The quantitative estimate of drug-likeness (QED) is 0.546. The predicted octanol–water partition coefficient (Wildman–Crippen LogP) is 1.82. The Morgan fingerprint density at radius 1 is 1.19 bits per heavy atom. The van der Waals surface area contributed by atoms with Gasteiger partial charge in [0.05, 0.1) is 11.2 Å². The number of hydrogen-bond acceptors (Lipinski definition) is 5. The summed E-state index contributed by atoms with van der Waals surface area (Å²) < 4.78 is 4.88. The molecular weight excluding hydrogens is 346 g/mol. The summed E-state index contributed by atoms with van der Waals surface area (Å²) in [7, 11) is 0. The summed E-state index contributed by atoms with van der Waals surface area (Å²) >= 11 is 0. The molecule has 7 nitrogen and oxygen atoms in total. The van der Waals surface area contributed by atoms with Crippen molar-refractivity contribution in [1.82, 2.24) is 15.6 Å². The lowest BCUT2D eigenvalue weighted by atomic mass is 10.2. The molecule has 0 bridgehead atoms. The second-order valence-corrected chi connectivity index (χ2v) is 5.95. The lowest BCUT2D eigenvalue weighted by Crippen LogP contribution is -2.46. The first-order valence-corrected chi connectivity index (χ1v) is 8.77. The molecule has 142 valence electrons. The molecule has 27 heavy (non-hydrogen) atoms. The molecule has 1 aromatic carbocycles. The third kappa shape index (κ3) is 6.54. The molecule has 0 saturated carbocycles. The molecule has 2 rings (SSSR count). The zero-order valence-electron chi connectivity index (χ0n) is 15.4. The second-order valence-electron chi connectivity index (χ2n) is 5.95. The molecule has 0 spiro atoms. The molecule has 0 aliphatic heterocycles. The van der Waals surface area contributed by atoms with Crippen LogP contribution in [-0.4, -0.2) is 42.0 Å². The number of rotatable bonds is 8. The fraction of sp³-hybridized carbons (Fsp3) is 0.300. The zero-order chi connectivity index (χ0) is 19.6. The van der Waals surface area contributed by atoms with E-state index in [0.717, 1.165) is 17.3 Å². The van der Waals surface area contributed by atoms with Crippen molar-refractivity contribution in [2.45, 2.75) is 26.3 Å². The number of aromatic nitrogens is 1. The fourth-order valence-electron chi connectivity index (χ4n) is 2.26. The maximum absolute atomic E-state index is 11.8. The summed E-state index contributed by atoms with van der Waals surface area (Å²) in [6.45, 7) is 3.58. The normalized spacial score (nSPS) is 11.9. The number of benzene rings is 1. The average Bonchev–Trinajstić information content (AvgIpc) is 2.68. The standard InChI is InChI=1S/C20H23N3O4/c1-3-12-21-20(26)14(2)22-18(24)13-27-19(25)11-10-16-9-8-15-6-4-5-7-17(15)23-16/h4-11,14H,3,12-13H2,1-2H3,(H,21,26)(H,22,24)/b11-10+/t14-/m1/s1. The number of ether oxygens (including phenoxy) is 1. The van der Waals surface area contributed by atoms with E-state index in [9.17, 15) is 14.4 Å². The average molecular weight is 369 g/mol. The van der Waals surface area contributed by atoms with Gasteiger partial charge in [0.2, 0.25) is 5.91 Å². The van der Waals surface area contributed by atoms with Gasteiger partial charge in [-0.25, -0.2) is 9.78 Å². The predicted molar refractivity (Wildman–Crippen MR) is 103 cm³/mol. The molecule has 1 heterocycles. The van der Waals surface area contributed by atoms with Gasteiger partial charge in [0.25, 0.3) is 5.91 Å². The Balaban J connectivity index is 1.79. The molecule has 0 aliphatic carbocycles. The third-order valence-electron chi connectivity index (χ3n) is 3.68. The number of pyridine rings is 1. The van der Waals surface area contributed by atoms with E-state index in [1.165, 1.54) is 12.2 Å². The van der Waals surface area contributed by atoms with Crippen LogP contribution in [0.1, 0.15) is 26.0 Å². The van der Waals surface area contributed by atoms with Crippen molar-refractivity contribution < 1.29 is 19.1 Å². The first-order chi connectivity index (χ1) is 13.0. The van der Waals surface area contributed by atoms with E-state index in [4.69, 9.17) is 4.74 Å². The first kappa shape index (κ1) is 20.1. The Hall–Kier alpha value is -3.22. The Morgan fingerprint density at radius 3 is 2.74 bits per heavy atom. The largest absolute Gasteiger partial charge is 0.452 e. The molecule has 7 heteroatoms. The number of esters is 1. The summed E-state index contributed by atoms with van der Waals surface area (Å²) in [4.78, 5) is 39.6. The van der Waals surface area contributed by atoms with Crippen LogP contribution >= 0.6 is 0 Å². The summed E-state index contributed by atoms with van der Waals surface area (Å²) in [5.41, 5.74) is 1.43. The summed E-state index contributed by atoms with van der Waals surface area (Å²) in [5.74, 6) is -1.48. The van der Waals surface area contributed by atoms with Crippen molar-refractivity contribution in [1.29, 1.82) is 0 Å². The molecule has 0 aliphatic rings. The van der Waals surface area contributed by atoms with Crippen molar-refractivity contribution >= 4 is 34.8 Å². The number of amides is 2. The molecule has 2 amide bonds. The van der Waals surface area contributed by atoms with Crippen LogP contribution < -0.4 is 10.6 Å². The van der Waals surface area contributed by atoms with E-state index in [-0.39, 0.29) is 5.91 Å². The van der Waals surface area contributed by atoms with Gasteiger partial charge in [0.1, 0.15) is 6.04 Å². The Morgan fingerprint density at radius 2 is 1.96 bits per heavy atom. The van der Waals surface area contributed by atoms with Crippen LogP contribution in [0.4, 0.5) is 0 Å². The highest BCUT2D eigenvalue weighted by molar-refractivity contribution is 5.91. The smallest absolute Gasteiger partial charge is 0.331 e. The molecule has 2 aromatic rings. The van der Waals surface area contributed by atoms with E-state index >= 15 is 0 Å². The monoisotopic (exact) mass is 369 g/mol. The van der Waals surface area contributed by atoms with Crippen LogP contribution in [0.25, 0.3) is 17.0 Å². The molecule has 0 radical (unpaired) electrons. The van der Waals surface area contributed by atoms with Crippen LogP contribution in [0.15, 0.2) is 42.5 Å². The summed E-state index contributed by atoms with van der Waals surface area (Å²) in [6.07, 6.45) is 3.54. The van der Waals surface area contributed by atoms with E-state index in [1.54, 1.807) is 13.0 Å². The topological polar surface area (TPSA) is 97.4 Å². The SMILES string of the molecule is CCCNC(=O)[C@@H](C)NC(=O)COC(=O)/C=C/c1ccc2ccccc2n1. The van der Waals surface area contributed by atoms with Gasteiger partial charge in [0.15, 0.2) is 6.61 Å². The molecule has 2 N–H and O–H groups in total. The maximum Gasteiger partial charge on any atom is 0.331 e. The minimum Gasteiger partial charge on any atom is -0.452 e. The van der Waals surface area contributed by atoms with Gasteiger partial charge in [-0.15, -0.1) is 0 Å². The number of hydrogen-bond donors (Lipinski definition) is 2. The first-order valence-electron chi connectivity index (χ1n) is 8.77. The van der Waals surface area contributed by atoms with Gasteiger partial charge in [-0.2, -0.15) is 0 Å². The minimum atomic E-state index is -0.694. The van der Waals surface area contributed by atoms with Crippen LogP contribution in [0.3, 0.4) is 0 Å². The van der Waals surface area contributed by atoms with Crippen molar-refractivity contribution in [3.63, 3.8) is 0 Å². The molecule has 1 atom stereocenters. The molecule has 0 unspecified atom stereocenters. The van der Waals surface area contributed by atoms with Crippen molar-refractivity contribution in [2.24, 2.45) is 0 Å². The lowest BCUT2D eigenvalue weighted by Gasteiger charge is -2.13. The van der Waals surface area contributed by atoms with Gasteiger partial charge in [-0.1, -0.05) is 31.2 Å². The lowest BCUT2D eigenvalue weighted by molar-refractivity contribution is -0.144. The van der Waals surface area contributed by atoms with Crippen molar-refractivity contribution in [2.75, 3.05) is 13.2 Å². The molecule has 1 aromatic heterocycles. The van der Waals surface area contributed by atoms with Gasteiger partial charge in [0, 0.05) is 18.0 Å². The molecular formula is C20H23N3O4. The van der Waals surface area contributed by atoms with E-state index in [2.05, 4.69) is 15.6 Å². The van der Waals surface area contributed by atoms with E-state index in [1.807, 2.05) is 37.3 Å².